The second-order valence-electron chi connectivity index (χ2n) is 31.8. The van der Waals surface area contributed by atoms with E-state index in [9.17, 15) is 48.3 Å². The Kier molecular flexibility index (Phi) is 94.6. The molecule has 3 atom stereocenters. The van der Waals surface area contributed by atoms with Gasteiger partial charge in [-0.25, -0.2) is 19.2 Å². The van der Waals surface area contributed by atoms with Gasteiger partial charge in [0.25, 0.3) is 0 Å². The van der Waals surface area contributed by atoms with Crippen LogP contribution in [0.3, 0.4) is 0 Å². The van der Waals surface area contributed by atoms with Gasteiger partial charge in [-0.15, -0.1) is 23.2 Å². The third-order valence-corrected chi connectivity index (χ3v) is 20.4. The van der Waals surface area contributed by atoms with Gasteiger partial charge in [0.1, 0.15) is 33.0 Å². The van der Waals surface area contributed by atoms with Crippen LogP contribution >= 0.6 is 23.2 Å². The standard InChI is InChI=1S/C42H72O6.C35H66O6.C10H12O4.C10H10O2.C4H8O2.CH2Cl2/c1-3-5-7-9-11-13-15-17-19-21-23-25-30-34-40(43)46-37-39(42(45)47-36-38-32-28-27-29-33-38)48-41(44)35-31-26-24-22-20-18-16-14-12-10-8-6-4-2;1-3-5-7-9-11-13-15-17-19-21-23-25-27-29-33(36)40-31-32(35(38)39)41-34(37)30-28-26-24-22-20-18-16-14-12-10-8-6-4-2;11-6-9(12)10(13)14-7-8-4-2-1-3-5-8;1-2-10(11)12-8-9-6-4-3-5-7-9;1-3-6-4(2)5;2-1-3/h27-29,32-33,39H,3-26,30-31,34-37H2,1-2H3;32H,3-31H2,1-2H3,(H,38,39);1-5,9,11-12H,6-7H2;2-7H,1,8H2;3H2,1-2H3;1H2. The first-order valence-corrected chi connectivity index (χ1v) is 49.1. The topological polar surface area (TPSA) is 288 Å². The van der Waals surface area contributed by atoms with E-state index in [4.69, 9.17) is 66.6 Å². The molecule has 22 heteroatoms. The molecule has 3 unspecified atom stereocenters. The van der Waals surface area contributed by atoms with Crippen LogP contribution in [-0.4, -0.2) is 119 Å². The van der Waals surface area contributed by atoms with Crippen LogP contribution in [0.2, 0.25) is 0 Å². The highest BCUT2D eigenvalue weighted by Crippen LogP contribution is 2.20. The molecule has 0 heterocycles. The fourth-order valence-electron chi connectivity index (χ4n) is 13.1. The first-order chi connectivity index (χ1) is 60.3. The molecular formula is C102H170Cl2O20. The van der Waals surface area contributed by atoms with Crippen molar-refractivity contribution >= 4 is 76.9 Å². The van der Waals surface area contributed by atoms with Crippen molar-refractivity contribution in [3.05, 3.63) is 120 Å². The van der Waals surface area contributed by atoms with Gasteiger partial charge >= 0.3 is 53.7 Å². The fraction of sp³-hybridized carbons (Fsp3) is 0.716. The molecule has 3 N–H and O–H groups in total. The van der Waals surface area contributed by atoms with Crippen LogP contribution in [0.5, 0.6) is 0 Å². The molecular weight excluding hydrogens is 1620 g/mol. The van der Waals surface area contributed by atoms with Crippen molar-refractivity contribution < 1.29 is 96.4 Å². The predicted molar refractivity (Wildman–Crippen MR) is 501 cm³/mol. The van der Waals surface area contributed by atoms with E-state index in [1.54, 1.807) is 19.1 Å². The summed E-state index contributed by atoms with van der Waals surface area (Å²) in [6.45, 7) is 15.1. The monoisotopic (exact) mass is 1790 g/mol. The van der Waals surface area contributed by atoms with Crippen molar-refractivity contribution in [3.63, 3.8) is 0 Å². The molecule has 3 aromatic rings. The number of alkyl halides is 2. The van der Waals surface area contributed by atoms with Gasteiger partial charge in [-0.1, -0.05) is 433 Å². The summed E-state index contributed by atoms with van der Waals surface area (Å²) >= 11 is 9.53. The highest BCUT2D eigenvalue weighted by Gasteiger charge is 2.28. The number of carboxylic acid groups (broad SMARTS) is 1. The van der Waals surface area contributed by atoms with Crippen molar-refractivity contribution in [2.75, 3.05) is 31.8 Å². The predicted octanol–water partition coefficient (Wildman–Crippen LogP) is 26.6. The minimum Gasteiger partial charge on any atom is -0.478 e. The number of carboxylic acids is 1. The maximum Gasteiger partial charge on any atom is 0.351 e. The number of unbranched alkanes of at least 4 members (excludes halogenated alkanes) is 48. The van der Waals surface area contributed by atoms with Gasteiger partial charge in [0.2, 0.25) is 12.2 Å². The maximum atomic E-state index is 12.8. The van der Waals surface area contributed by atoms with E-state index < -0.39 is 67.3 Å². The molecule has 0 aliphatic rings. The maximum absolute atomic E-state index is 12.8. The summed E-state index contributed by atoms with van der Waals surface area (Å²) in [5.74, 6) is -5.16. The smallest absolute Gasteiger partial charge is 0.351 e. The number of carbonyl (C=O) groups excluding carboxylic acids is 8. The number of rotatable bonds is 74. The Hall–Kier alpha value is -6.87. The number of ether oxygens (including phenoxy) is 8. The number of halogens is 2. The summed E-state index contributed by atoms with van der Waals surface area (Å²) in [5.41, 5.74) is 2.65. The first-order valence-electron chi connectivity index (χ1n) is 48.0. The van der Waals surface area contributed by atoms with Crippen molar-refractivity contribution in [1.82, 2.24) is 0 Å². The largest absolute Gasteiger partial charge is 0.478 e. The van der Waals surface area contributed by atoms with E-state index in [1.807, 2.05) is 78.9 Å². The van der Waals surface area contributed by atoms with Crippen LogP contribution in [0.1, 0.15) is 418 Å². The minimum absolute atomic E-state index is 0.0689. The Morgan fingerprint density at radius 2 is 0.565 bits per heavy atom. The number of aliphatic hydroxyl groups excluding tert-OH is 2. The zero-order valence-corrected chi connectivity index (χ0v) is 79.5. The lowest BCUT2D eigenvalue weighted by Crippen LogP contribution is -2.34. The molecule has 0 spiro atoms. The van der Waals surface area contributed by atoms with Gasteiger partial charge in [-0.2, -0.15) is 0 Å². The summed E-state index contributed by atoms with van der Waals surface area (Å²) in [6.07, 6.45) is 62.0. The molecule has 0 aromatic heterocycles. The fourth-order valence-corrected chi connectivity index (χ4v) is 13.1. The van der Waals surface area contributed by atoms with E-state index in [-0.39, 0.29) is 62.3 Å². The van der Waals surface area contributed by atoms with Gasteiger partial charge in [-0.05, 0) is 49.3 Å². The number of aliphatic hydroxyl groups is 2. The Labute approximate surface area is 760 Å². The van der Waals surface area contributed by atoms with Crippen molar-refractivity contribution in [3.8, 4) is 0 Å². The number of aliphatic carboxylic acids is 1. The van der Waals surface area contributed by atoms with Gasteiger partial charge < -0.3 is 53.2 Å². The highest BCUT2D eigenvalue weighted by molar-refractivity contribution is 6.40. The lowest BCUT2D eigenvalue weighted by Gasteiger charge is -2.17. The zero-order valence-electron chi connectivity index (χ0n) is 78.0. The Morgan fingerprint density at radius 1 is 0.331 bits per heavy atom. The molecule has 124 heavy (non-hydrogen) atoms. The molecule has 0 saturated heterocycles. The number of carbonyl (C=O) groups is 9. The van der Waals surface area contributed by atoms with E-state index in [2.05, 4.69) is 39.0 Å². The summed E-state index contributed by atoms with van der Waals surface area (Å²) < 4.78 is 40.4. The molecule has 0 aliphatic heterocycles. The molecule has 0 aliphatic carbocycles. The number of hydrogen-bond donors (Lipinski definition) is 3. The van der Waals surface area contributed by atoms with Crippen LogP contribution in [0.25, 0.3) is 0 Å². The van der Waals surface area contributed by atoms with E-state index in [0.29, 0.717) is 26.1 Å². The molecule has 3 rings (SSSR count). The van der Waals surface area contributed by atoms with E-state index in [1.165, 1.54) is 264 Å². The summed E-state index contributed by atoms with van der Waals surface area (Å²) in [4.78, 5) is 105. The molecule has 0 bridgehead atoms. The number of benzene rings is 3. The average molecular weight is 1790 g/mol. The lowest BCUT2D eigenvalue weighted by molar-refractivity contribution is -0.175. The number of hydrogen-bond acceptors (Lipinski definition) is 19. The molecule has 0 radical (unpaired) electrons. The van der Waals surface area contributed by atoms with Crippen molar-refractivity contribution in [2.45, 2.75) is 439 Å². The summed E-state index contributed by atoms with van der Waals surface area (Å²) in [7, 11) is 0. The van der Waals surface area contributed by atoms with E-state index >= 15 is 0 Å². The summed E-state index contributed by atoms with van der Waals surface area (Å²) in [5, 5.41) is 26.9. The van der Waals surface area contributed by atoms with Crippen LogP contribution in [0.15, 0.2) is 104 Å². The first kappa shape index (κ1) is 121. The van der Waals surface area contributed by atoms with Crippen LogP contribution < -0.4 is 0 Å². The normalized spacial score (nSPS) is 11.2. The third kappa shape index (κ3) is 89.9. The number of esters is 8. The zero-order chi connectivity index (χ0) is 91.9. The van der Waals surface area contributed by atoms with Crippen LogP contribution in [0, 0.1) is 0 Å². The summed E-state index contributed by atoms with van der Waals surface area (Å²) in [6, 6.07) is 28.0. The van der Waals surface area contributed by atoms with Crippen molar-refractivity contribution in [2.24, 2.45) is 0 Å². The SMILES string of the molecule is C=CC(=O)OCc1ccccc1.CCCCCCCCCCCCCCCC(=O)OCC(OC(=O)CCCCCCCCCCCCCCC)C(=O)O.CCCCCCCCCCCCCCCC(=O)OCC(OC(=O)CCCCCCCCCCCCCCC)C(=O)OCc1ccccc1.CCOC(C)=O.ClCCl.O=C(OCc1ccccc1)C(O)CO. The second-order valence-corrected chi connectivity index (χ2v) is 32.6. The quantitative estimate of drug-likeness (QED) is 0.0156. The average Bonchev–Trinajstić information content (AvgIpc) is 0.892. The molecule has 0 saturated carbocycles. The van der Waals surface area contributed by atoms with Crippen LogP contribution in [0.4, 0.5) is 0 Å². The molecule has 712 valence electrons. The molecule has 0 fully saturated rings. The molecule has 3 aromatic carbocycles. The Balaban J connectivity index is -0.00000170. The Morgan fingerprint density at radius 3 is 0.798 bits per heavy atom. The molecule has 20 nitrogen and oxygen atoms in total. The lowest BCUT2D eigenvalue weighted by atomic mass is 10.0. The highest BCUT2D eigenvalue weighted by atomic mass is 35.5. The van der Waals surface area contributed by atoms with Gasteiger partial charge in [0.05, 0.1) is 18.6 Å². The van der Waals surface area contributed by atoms with Gasteiger partial charge in [0.15, 0.2) is 6.10 Å². The molecule has 0 amide bonds. The Bertz CT molecular complexity index is 2920. The van der Waals surface area contributed by atoms with E-state index in [0.717, 1.165) is 93.4 Å². The second kappa shape index (κ2) is 96.8. The minimum atomic E-state index is -1.45. The van der Waals surface area contributed by atoms with Crippen molar-refractivity contribution in [1.29, 1.82) is 0 Å². The van der Waals surface area contributed by atoms with Gasteiger partial charge in [0, 0.05) is 38.7 Å². The van der Waals surface area contributed by atoms with Gasteiger partial charge in [-0.3, -0.25) is 24.0 Å². The third-order valence-electron chi connectivity index (χ3n) is 20.4. The van der Waals surface area contributed by atoms with Crippen LogP contribution in [-0.2, 0) is 101 Å².